The highest BCUT2D eigenvalue weighted by Crippen LogP contribution is 2.19. The molecule has 0 unspecified atom stereocenters. The molecule has 1 aromatic carbocycles. The average molecular weight is 409 g/mol. The second kappa shape index (κ2) is 9.21. The van der Waals surface area contributed by atoms with Gasteiger partial charge in [-0.1, -0.05) is 23.4 Å². The molecule has 8 nitrogen and oxygen atoms in total. The molecule has 158 valence electrons. The lowest BCUT2D eigenvalue weighted by Gasteiger charge is -2.34. The van der Waals surface area contributed by atoms with E-state index in [-0.39, 0.29) is 5.91 Å². The number of piperazine rings is 1. The molecule has 0 N–H and O–H groups in total. The van der Waals surface area contributed by atoms with Crippen molar-refractivity contribution in [1.29, 1.82) is 0 Å². The minimum absolute atomic E-state index is 0.190. The van der Waals surface area contributed by atoms with E-state index in [9.17, 15) is 4.79 Å². The first-order valence-corrected chi connectivity index (χ1v) is 10.4. The van der Waals surface area contributed by atoms with Gasteiger partial charge in [0.05, 0.1) is 5.69 Å². The molecule has 3 heterocycles. The number of amides is 1. The lowest BCUT2D eigenvalue weighted by molar-refractivity contribution is -0.133. The van der Waals surface area contributed by atoms with Gasteiger partial charge < -0.3 is 13.8 Å². The number of benzene rings is 1. The summed E-state index contributed by atoms with van der Waals surface area (Å²) in [5, 5.41) is 12.2. The topological polar surface area (TPSA) is 88.5 Å². The Balaban J connectivity index is 1.20. The van der Waals surface area contributed by atoms with E-state index < -0.39 is 0 Å². The summed E-state index contributed by atoms with van der Waals surface area (Å²) in [6.07, 6.45) is 1.80. The van der Waals surface area contributed by atoms with Crippen LogP contribution in [0, 0.1) is 13.8 Å². The lowest BCUT2D eigenvalue weighted by atomic mass is 10.1. The Morgan fingerprint density at radius 2 is 1.83 bits per heavy atom. The van der Waals surface area contributed by atoms with Gasteiger partial charge in [-0.15, -0.1) is 10.2 Å². The smallest absolute Gasteiger partial charge is 0.247 e. The summed E-state index contributed by atoms with van der Waals surface area (Å²) in [6, 6.07) is 9.69. The molecule has 1 fully saturated rings. The molecule has 0 aliphatic carbocycles. The minimum Gasteiger partial charge on any atom is -0.421 e. The molecular weight excluding hydrogens is 382 g/mol. The highest BCUT2D eigenvalue weighted by molar-refractivity contribution is 5.76. The van der Waals surface area contributed by atoms with Crippen molar-refractivity contribution in [3.63, 3.8) is 0 Å². The number of hydrogen-bond donors (Lipinski definition) is 0. The summed E-state index contributed by atoms with van der Waals surface area (Å²) in [7, 11) is 0. The van der Waals surface area contributed by atoms with Crippen molar-refractivity contribution in [3.05, 3.63) is 53.2 Å². The molecule has 4 rings (SSSR count). The zero-order chi connectivity index (χ0) is 20.9. The Bertz CT molecular complexity index is 954. The molecule has 1 aliphatic rings. The molecular formula is C22H27N5O3. The van der Waals surface area contributed by atoms with Crippen LogP contribution in [0.1, 0.15) is 35.7 Å². The Kier molecular flexibility index (Phi) is 6.23. The molecule has 0 saturated carbocycles. The molecule has 2 aromatic heterocycles. The van der Waals surface area contributed by atoms with Crippen LogP contribution in [0.4, 0.5) is 0 Å². The van der Waals surface area contributed by atoms with Crippen molar-refractivity contribution in [3.8, 4) is 11.5 Å². The van der Waals surface area contributed by atoms with Gasteiger partial charge in [0.1, 0.15) is 5.76 Å². The summed E-state index contributed by atoms with van der Waals surface area (Å²) in [4.78, 5) is 16.9. The van der Waals surface area contributed by atoms with Gasteiger partial charge in [0.15, 0.2) is 0 Å². The monoisotopic (exact) mass is 409 g/mol. The fourth-order valence-electron chi connectivity index (χ4n) is 3.71. The molecule has 8 heteroatoms. The number of aryl methyl sites for hydroxylation is 3. The average Bonchev–Trinajstić information content (AvgIpc) is 3.37. The number of carbonyl (C=O) groups is 1. The first-order valence-electron chi connectivity index (χ1n) is 10.4. The van der Waals surface area contributed by atoms with E-state index in [0.717, 1.165) is 55.3 Å². The standard InChI is InChI=1S/C22H27N5O3/c1-16-19(17(2)30-25-16)15-26-11-13-27(14-12-26)21(28)10-6-9-20-23-24-22(29-20)18-7-4-3-5-8-18/h3-5,7-8H,6,9-15H2,1-2H3. The number of aromatic nitrogens is 3. The maximum absolute atomic E-state index is 12.6. The highest BCUT2D eigenvalue weighted by atomic mass is 16.5. The van der Waals surface area contributed by atoms with E-state index in [4.69, 9.17) is 8.94 Å². The molecule has 0 spiro atoms. The quantitative estimate of drug-likeness (QED) is 0.593. The second-order valence-corrected chi connectivity index (χ2v) is 7.68. The van der Waals surface area contributed by atoms with Crippen LogP contribution in [0.15, 0.2) is 39.3 Å². The lowest BCUT2D eigenvalue weighted by Crippen LogP contribution is -2.48. The third kappa shape index (κ3) is 4.76. The van der Waals surface area contributed by atoms with Crippen LogP contribution >= 0.6 is 0 Å². The van der Waals surface area contributed by atoms with Crippen molar-refractivity contribution in [2.45, 2.75) is 39.7 Å². The molecule has 0 bridgehead atoms. The van der Waals surface area contributed by atoms with Crippen LogP contribution in [-0.2, 0) is 17.8 Å². The largest absolute Gasteiger partial charge is 0.421 e. The van der Waals surface area contributed by atoms with E-state index >= 15 is 0 Å². The molecule has 0 radical (unpaired) electrons. The second-order valence-electron chi connectivity index (χ2n) is 7.68. The van der Waals surface area contributed by atoms with Crippen molar-refractivity contribution < 1.29 is 13.7 Å². The van der Waals surface area contributed by atoms with E-state index in [0.29, 0.717) is 31.0 Å². The van der Waals surface area contributed by atoms with Gasteiger partial charge in [-0.2, -0.15) is 0 Å². The van der Waals surface area contributed by atoms with E-state index in [1.165, 1.54) is 0 Å². The Morgan fingerprint density at radius 1 is 1.07 bits per heavy atom. The predicted octanol–water partition coefficient (Wildman–Crippen LogP) is 3.01. The van der Waals surface area contributed by atoms with Crippen molar-refractivity contribution in [2.24, 2.45) is 0 Å². The van der Waals surface area contributed by atoms with Crippen LogP contribution in [-0.4, -0.2) is 57.2 Å². The maximum atomic E-state index is 12.6. The van der Waals surface area contributed by atoms with Gasteiger partial charge in [-0.25, -0.2) is 0 Å². The Morgan fingerprint density at radius 3 is 2.53 bits per heavy atom. The van der Waals surface area contributed by atoms with Crippen LogP contribution in [0.2, 0.25) is 0 Å². The zero-order valence-electron chi connectivity index (χ0n) is 17.5. The van der Waals surface area contributed by atoms with Crippen molar-refractivity contribution in [2.75, 3.05) is 26.2 Å². The van der Waals surface area contributed by atoms with Gasteiger partial charge in [-0.3, -0.25) is 9.69 Å². The number of carbonyl (C=O) groups excluding carboxylic acids is 1. The molecule has 1 aliphatic heterocycles. The predicted molar refractivity (Wildman–Crippen MR) is 111 cm³/mol. The van der Waals surface area contributed by atoms with Crippen LogP contribution in [0.3, 0.4) is 0 Å². The SMILES string of the molecule is Cc1noc(C)c1CN1CCN(C(=O)CCCc2nnc(-c3ccccc3)o2)CC1. The normalized spacial score (nSPS) is 14.9. The van der Waals surface area contributed by atoms with Crippen molar-refractivity contribution >= 4 is 5.91 Å². The first-order chi connectivity index (χ1) is 14.6. The minimum atomic E-state index is 0.190. The van der Waals surface area contributed by atoms with E-state index in [1.54, 1.807) is 0 Å². The van der Waals surface area contributed by atoms with Gasteiger partial charge in [0.25, 0.3) is 0 Å². The third-order valence-corrected chi connectivity index (χ3v) is 5.56. The van der Waals surface area contributed by atoms with Crippen LogP contribution < -0.4 is 0 Å². The van der Waals surface area contributed by atoms with E-state index in [1.807, 2.05) is 49.1 Å². The number of rotatable bonds is 7. The highest BCUT2D eigenvalue weighted by Gasteiger charge is 2.22. The number of hydrogen-bond acceptors (Lipinski definition) is 7. The summed E-state index contributed by atoms with van der Waals surface area (Å²) >= 11 is 0. The molecule has 30 heavy (non-hydrogen) atoms. The van der Waals surface area contributed by atoms with Crippen LogP contribution in [0.5, 0.6) is 0 Å². The summed E-state index contributed by atoms with van der Waals surface area (Å²) in [5.41, 5.74) is 3.01. The van der Waals surface area contributed by atoms with Gasteiger partial charge in [-0.05, 0) is 32.4 Å². The molecule has 3 aromatic rings. The first kappa shape index (κ1) is 20.3. The summed E-state index contributed by atoms with van der Waals surface area (Å²) in [5.74, 6) is 2.16. The Labute approximate surface area is 175 Å². The third-order valence-electron chi connectivity index (χ3n) is 5.56. The summed E-state index contributed by atoms with van der Waals surface area (Å²) in [6.45, 7) is 7.96. The molecule has 0 atom stereocenters. The van der Waals surface area contributed by atoms with Crippen molar-refractivity contribution in [1.82, 2.24) is 25.2 Å². The fourth-order valence-corrected chi connectivity index (χ4v) is 3.71. The van der Waals surface area contributed by atoms with Gasteiger partial charge >= 0.3 is 0 Å². The van der Waals surface area contributed by atoms with Gasteiger partial charge in [0.2, 0.25) is 17.7 Å². The molecule has 1 amide bonds. The number of nitrogens with zero attached hydrogens (tertiary/aromatic N) is 5. The summed E-state index contributed by atoms with van der Waals surface area (Å²) < 4.78 is 11.0. The maximum Gasteiger partial charge on any atom is 0.247 e. The van der Waals surface area contributed by atoms with E-state index in [2.05, 4.69) is 20.3 Å². The zero-order valence-corrected chi connectivity index (χ0v) is 17.5. The molecule has 1 saturated heterocycles. The van der Waals surface area contributed by atoms with Gasteiger partial charge in [0, 0.05) is 56.7 Å². The fraction of sp³-hybridized carbons (Fsp3) is 0.455. The Hall–Kier alpha value is -3.00. The van der Waals surface area contributed by atoms with Crippen LogP contribution in [0.25, 0.3) is 11.5 Å².